The molecule has 1 saturated carbocycles. The highest BCUT2D eigenvalue weighted by Gasteiger charge is 2.45. The molecule has 1 saturated heterocycles. The Balaban J connectivity index is 1.67. The van der Waals surface area contributed by atoms with Gasteiger partial charge >= 0.3 is 6.18 Å². The van der Waals surface area contributed by atoms with Gasteiger partial charge in [0.05, 0.1) is 19.1 Å². The number of rotatable bonds is 6. The summed E-state index contributed by atoms with van der Waals surface area (Å²) in [7, 11) is 0. The zero-order valence-corrected chi connectivity index (χ0v) is 10.2. The predicted octanol–water partition coefficient (Wildman–Crippen LogP) is 0.445. The molecule has 5 nitrogen and oxygen atoms in total. The lowest BCUT2D eigenvalue weighted by molar-refractivity contribution is -0.173. The van der Waals surface area contributed by atoms with Crippen LogP contribution in [0.4, 0.5) is 13.2 Å². The number of carbonyl (C=O) groups is 2. The lowest BCUT2D eigenvalue weighted by atomic mass is 10.2. The molecule has 2 aliphatic rings. The Labute approximate surface area is 108 Å². The Morgan fingerprint density at radius 2 is 2.00 bits per heavy atom. The summed E-state index contributed by atoms with van der Waals surface area (Å²) in [5.74, 6) is -0.482. The SMILES string of the molecule is O=C1CC(NCCOCC(F)(F)F)C(=O)N1C1CC1. The van der Waals surface area contributed by atoms with Gasteiger partial charge in [0.15, 0.2) is 0 Å². The maximum atomic E-state index is 11.8. The molecule has 0 spiro atoms. The number of carbonyl (C=O) groups excluding carboxylic acids is 2. The highest BCUT2D eigenvalue weighted by atomic mass is 19.4. The zero-order chi connectivity index (χ0) is 14.0. The number of ether oxygens (including phenoxy) is 1. The summed E-state index contributed by atoms with van der Waals surface area (Å²) in [4.78, 5) is 24.7. The zero-order valence-electron chi connectivity index (χ0n) is 10.2. The Bertz CT molecular complexity index is 369. The molecular weight excluding hydrogens is 265 g/mol. The minimum atomic E-state index is -4.35. The Morgan fingerprint density at radius 3 is 2.58 bits per heavy atom. The minimum Gasteiger partial charge on any atom is -0.371 e. The van der Waals surface area contributed by atoms with Gasteiger partial charge in [-0.1, -0.05) is 0 Å². The van der Waals surface area contributed by atoms with Crippen molar-refractivity contribution in [3.05, 3.63) is 0 Å². The number of imide groups is 1. The van der Waals surface area contributed by atoms with Crippen molar-refractivity contribution in [2.75, 3.05) is 19.8 Å². The van der Waals surface area contributed by atoms with Crippen molar-refractivity contribution >= 4 is 11.8 Å². The molecule has 1 N–H and O–H groups in total. The molecule has 1 aliphatic carbocycles. The fourth-order valence-electron chi connectivity index (χ4n) is 2.02. The molecule has 1 aliphatic heterocycles. The molecule has 1 heterocycles. The molecule has 0 radical (unpaired) electrons. The van der Waals surface area contributed by atoms with Crippen molar-refractivity contribution in [1.29, 1.82) is 0 Å². The predicted molar refractivity (Wildman–Crippen MR) is 58.2 cm³/mol. The number of likely N-dealkylation sites (tertiary alicyclic amines) is 1. The van der Waals surface area contributed by atoms with E-state index in [0.717, 1.165) is 12.8 Å². The molecule has 0 aromatic heterocycles. The summed E-state index contributed by atoms with van der Waals surface area (Å²) < 4.78 is 39.8. The standard InChI is InChI=1S/C11H15F3N2O3/c12-11(13,14)6-19-4-3-15-8-5-9(17)16(10(8)18)7-1-2-7/h7-8,15H,1-6H2. The second-order valence-electron chi connectivity index (χ2n) is 4.71. The smallest absolute Gasteiger partial charge is 0.371 e. The van der Waals surface area contributed by atoms with Crippen LogP contribution in [0.1, 0.15) is 19.3 Å². The van der Waals surface area contributed by atoms with E-state index in [0.29, 0.717) is 0 Å². The van der Waals surface area contributed by atoms with Crippen molar-refractivity contribution < 1.29 is 27.5 Å². The molecule has 0 bridgehead atoms. The van der Waals surface area contributed by atoms with Crippen molar-refractivity contribution in [2.45, 2.75) is 37.5 Å². The Kier molecular flexibility index (Phi) is 4.10. The van der Waals surface area contributed by atoms with Crippen LogP contribution in [0.15, 0.2) is 0 Å². The highest BCUT2D eigenvalue weighted by Crippen LogP contribution is 2.31. The van der Waals surface area contributed by atoms with E-state index in [-0.39, 0.29) is 37.4 Å². The first-order chi connectivity index (χ1) is 8.88. The average Bonchev–Trinajstić information content (AvgIpc) is 3.06. The van der Waals surface area contributed by atoms with Gasteiger partial charge in [-0.2, -0.15) is 13.2 Å². The minimum absolute atomic E-state index is 0.0354. The van der Waals surface area contributed by atoms with E-state index < -0.39 is 18.8 Å². The Hall–Kier alpha value is -1.15. The van der Waals surface area contributed by atoms with Gasteiger partial charge in [0.1, 0.15) is 6.61 Å². The molecule has 2 fully saturated rings. The average molecular weight is 280 g/mol. The first-order valence-corrected chi connectivity index (χ1v) is 6.12. The molecular formula is C11H15F3N2O3. The van der Waals surface area contributed by atoms with Gasteiger partial charge in [-0.15, -0.1) is 0 Å². The van der Waals surface area contributed by atoms with Gasteiger partial charge in [0, 0.05) is 12.6 Å². The third-order valence-electron chi connectivity index (χ3n) is 3.00. The van der Waals surface area contributed by atoms with E-state index in [1.54, 1.807) is 0 Å². The Morgan fingerprint density at radius 1 is 1.32 bits per heavy atom. The molecule has 108 valence electrons. The van der Waals surface area contributed by atoms with E-state index in [1.807, 2.05) is 0 Å². The number of nitrogens with one attached hydrogen (secondary N) is 1. The van der Waals surface area contributed by atoms with Gasteiger partial charge in [0.25, 0.3) is 0 Å². The fraction of sp³-hybridized carbons (Fsp3) is 0.818. The molecule has 0 aromatic rings. The molecule has 1 atom stereocenters. The van der Waals surface area contributed by atoms with E-state index in [9.17, 15) is 22.8 Å². The molecule has 0 aromatic carbocycles. The summed E-state index contributed by atoms with van der Waals surface area (Å²) in [5, 5.41) is 2.76. The van der Waals surface area contributed by atoms with E-state index in [1.165, 1.54) is 4.90 Å². The topological polar surface area (TPSA) is 58.6 Å². The summed E-state index contributed by atoms with van der Waals surface area (Å²) in [6.45, 7) is -1.35. The van der Waals surface area contributed by atoms with Crippen molar-refractivity contribution in [3.63, 3.8) is 0 Å². The molecule has 2 rings (SSSR count). The fourth-order valence-corrected chi connectivity index (χ4v) is 2.02. The third-order valence-corrected chi connectivity index (χ3v) is 3.00. The van der Waals surface area contributed by atoms with Gasteiger partial charge in [-0.05, 0) is 12.8 Å². The molecule has 8 heteroatoms. The van der Waals surface area contributed by atoms with Crippen molar-refractivity contribution in [3.8, 4) is 0 Å². The first-order valence-electron chi connectivity index (χ1n) is 6.12. The molecule has 19 heavy (non-hydrogen) atoms. The van der Waals surface area contributed by atoms with Crippen LogP contribution >= 0.6 is 0 Å². The summed E-state index contributed by atoms with van der Waals surface area (Å²) in [5.41, 5.74) is 0. The number of halogens is 3. The maximum absolute atomic E-state index is 11.8. The van der Waals surface area contributed by atoms with Crippen LogP contribution in [0, 0.1) is 0 Å². The van der Waals surface area contributed by atoms with Crippen LogP contribution in [-0.2, 0) is 14.3 Å². The summed E-state index contributed by atoms with van der Waals surface area (Å²) in [6.07, 6.45) is -2.58. The van der Waals surface area contributed by atoms with E-state index in [4.69, 9.17) is 0 Å². The van der Waals surface area contributed by atoms with Gasteiger partial charge in [-0.3, -0.25) is 14.5 Å². The van der Waals surface area contributed by atoms with Gasteiger partial charge in [0.2, 0.25) is 11.8 Å². The van der Waals surface area contributed by atoms with Crippen LogP contribution in [-0.4, -0.2) is 54.7 Å². The highest BCUT2D eigenvalue weighted by molar-refractivity contribution is 6.06. The maximum Gasteiger partial charge on any atom is 0.411 e. The van der Waals surface area contributed by atoms with Crippen molar-refractivity contribution in [1.82, 2.24) is 10.2 Å². The van der Waals surface area contributed by atoms with Gasteiger partial charge < -0.3 is 10.1 Å². The van der Waals surface area contributed by atoms with E-state index >= 15 is 0 Å². The lowest BCUT2D eigenvalue weighted by Gasteiger charge is -2.14. The quantitative estimate of drug-likeness (QED) is 0.567. The molecule has 1 unspecified atom stereocenters. The van der Waals surface area contributed by atoms with Crippen LogP contribution in [0.2, 0.25) is 0 Å². The third kappa shape index (κ3) is 3.90. The summed E-state index contributed by atoms with van der Waals surface area (Å²) >= 11 is 0. The number of nitrogens with zero attached hydrogens (tertiary/aromatic N) is 1. The first kappa shape index (κ1) is 14.3. The van der Waals surface area contributed by atoms with Crippen molar-refractivity contribution in [2.24, 2.45) is 0 Å². The van der Waals surface area contributed by atoms with Crippen LogP contribution in [0.25, 0.3) is 0 Å². The van der Waals surface area contributed by atoms with Crippen LogP contribution in [0.5, 0.6) is 0 Å². The second-order valence-corrected chi connectivity index (χ2v) is 4.71. The van der Waals surface area contributed by atoms with E-state index in [2.05, 4.69) is 10.1 Å². The number of amides is 2. The summed E-state index contributed by atoms with van der Waals surface area (Å²) in [6, 6.07) is -0.587. The molecule has 2 amide bonds. The monoisotopic (exact) mass is 280 g/mol. The second kappa shape index (κ2) is 5.46. The van der Waals surface area contributed by atoms with Crippen LogP contribution in [0.3, 0.4) is 0 Å². The number of hydrogen-bond donors (Lipinski definition) is 1. The van der Waals surface area contributed by atoms with Crippen LogP contribution < -0.4 is 5.32 Å². The largest absolute Gasteiger partial charge is 0.411 e. The number of hydrogen-bond acceptors (Lipinski definition) is 4. The number of alkyl halides is 3. The van der Waals surface area contributed by atoms with Gasteiger partial charge in [-0.25, -0.2) is 0 Å². The lowest BCUT2D eigenvalue weighted by Crippen LogP contribution is -2.41. The normalized spacial score (nSPS) is 24.4.